The second-order valence-electron chi connectivity index (χ2n) is 5.92. The van der Waals surface area contributed by atoms with Crippen LogP contribution < -0.4 is 4.74 Å². The van der Waals surface area contributed by atoms with Crippen molar-refractivity contribution in [1.29, 1.82) is 0 Å². The average Bonchev–Trinajstić information content (AvgIpc) is 3.21. The van der Waals surface area contributed by atoms with Crippen molar-refractivity contribution in [3.05, 3.63) is 82.3 Å². The van der Waals surface area contributed by atoms with E-state index in [1.807, 2.05) is 53.6 Å². The molecule has 2 aromatic carbocycles. The molecule has 0 saturated heterocycles. The van der Waals surface area contributed by atoms with Gasteiger partial charge in [-0.3, -0.25) is 4.79 Å². The van der Waals surface area contributed by atoms with Gasteiger partial charge in [0, 0.05) is 24.0 Å². The van der Waals surface area contributed by atoms with Crippen LogP contribution in [0.4, 0.5) is 0 Å². The van der Waals surface area contributed by atoms with Crippen molar-refractivity contribution in [2.24, 2.45) is 0 Å². The standard InChI is InChI=1S/C21H22N2O2S/c1-2-23(12-11-17-7-4-3-5-8-17)21(24)18-9-6-10-20(13-18)25-14-19-15-26-16-22-19/h3-10,13,15-16H,2,11-12,14H2,1H3. The predicted molar refractivity (Wildman–Crippen MR) is 105 cm³/mol. The Morgan fingerprint density at radius 2 is 2.00 bits per heavy atom. The molecule has 0 aliphatic carbocycles. The van der Waals surface area contributed by atoms with Crippen LogP contribution in [0.2, 0.25) is 0 Å². The van der Waals surface area contributed by atoms with Gasteiger partial charge in [0.1, 0.15) is 12.4 Å². The van der Waals surface area contributed by atoms with Crippen LogP contribution in [0.5, 0.6) is 5.75 Å². The normalized spacial score (nSPS) is 10.5. The fraction of sp³-hybridized carbons (Fsp3) is 0.238. The Morgan fingerprint density at radius 1 is 1.15 bits per heavy atom. The summed E-state index contributed by atoms with van der Waals surface area (Å²) in [5.74, 6) is 0.713. The van der Waals surface area contributed by atoms with E-state index in [1.165, 1.54) is 5.56 Å². The average molecular weight is 366 g/mol. The molecular weight excluding hydrogens is 344 g/mol. The van der Waals surface area contributed by atoms with Crippen LogP contribution in [-0.2, 0) is 13.0 Å². The maximum atomic E-state index is 12.8. The van der Waals surface area contributed by atoms with Gasteiger partial charge in [-0.05, 0) is 37.1 Å². The predicted octanol–water partition coefficient (Wildman–Crippen LogP) is 4.43. The molecule has 26 heavy (non-hydrogen) atoms. The molecule has 0 aliphatic heterocycles. The number of aromatic nitrogens is 1. The van der Waals surface area contributed by atoms with Crippen molar-refractivity contribution >= 4 is 17.2 Å². The molecule has 0 aliphatic rings. The molecular formula is C21H22N2O2S. The second-order valence-corrected chi connectivity index (χ2v) is 6.64. The zero-order valence-electron chi connectivity index (χ0n) is 14.8. The monoisotopic (exact) mass is 366 g/mol. The van der Waals surface area contributed by atoms with Crippen molar-refractivity contribution in [2.45, 2.75) is 20.0 Å². The molecule has 0 spiro atoms. The Bertz CT molecular complexity index is 819. The fourth-order valence-corrected chi connectivity index (χ4v) is 3.22. The van der Waals surface area contributed by atoms with Crippen LogP contribution in [0.25, 0.3) is 0 Å². The van der Waals surface area contributed by atoms with Gasteiger partial charge in [-0.15, -0.1) is 11.3 Å². The van der Waals surface area contributed by atoms with E-state index in [4.69, 9.17) is 4.74 Å². The van der Waals surface area contributed by atoms with Crippen LogP contribution in [0.15, 0.2) is 65.5 Å². The summed E-state index contributed by atoms with van der Waals surface area (Å²) in [5, 5.41) is 1.96. The number of carbonyl (C=O) groups is 1. The Morgan fingerprint density at radius 3 is 2.73 bits per heavy atom. The maximum Gasteiger partial charge on any atom is 0.253 e. The molecule has 0 bridgehead atoms. The van der Waals surface area contributed by atoms with E-state index < -0.39 is 0 Å². The number of rotatable bonds is 8. The number of hydrogen-bond donors (Lipinski definition) is 0. The lowest BCUT2D eigenvalue weighted by Crippen LogP contribution is -2.32. The van der Waals surface area contributed by atoms with E-state index in [-0.39, 0.29) is 5.91 Å². The smallest absolute Gasteiger partial charge is 0.253 e. The topological polar surface area (TPSA) is 42.4 Å². The van der Waals surface area contributed by atoms with E-state index in [9.17, 15) is 4.79 Å². The van der Waals surface area contributed by atoms with E-state index in [0.717, 1.165) is 12.1 Å². The summed E-state index contributed by atoms with van der Waals surface area (Å²) in [4.78, 5) is 18.9. The van der Waals surface area contributed by atoms with Gasteiger partial charge < -0.3 is 9.64 Å². The molecule has 5 heteroatoms. The molecule has 0 saturated carbocycles. The van der Waals surface area contributed by atoms with Gasteiger partial charge in [0.05, 0.1) is 11.2 Å². The van der Waals surface area contributed by atoms with Gasteiger partial charge in [0.25, 0.3) is 5.91 Å². The first kappa shape index (κ1) is 18.1. The van der Waals surface area contributed by atoms with Gasteiger partial charge >= 0.3 is 0 Å². The van der Waals surface area contributed by atoms with Gasteiger partial charge in [0.15, 0.2) is 0 Å². The highest BCUT2D eigenvalue weighted by Gasteiger charge is 2.14. The Balaban J connectivity index is 1.62. The van der Waals surface area contributed by atoms with Crippen molar-refractivity contribution < 1.29 is 9.53 Å². The minimum atomic E-state index is 0.0301. The maximum absolute atomic E-state index is 12.8. The van der Waals surface area contributed by atoms with Crippen LogP contribution in [-0.4, -0.2) is 28.9 Å². The first-order valence-electron chi connectivity index (χ1n) is 8.69. The molecule has 4 nitrogen and oxygen atoms in total. The first-order valence-corrected chi connectivity index (χ1v) is 9.63. The quantitative estimate of drug-likeness (QED) is 0.592. The lowest BCUT2D eigenvalue weighted by molar-refractivity contribution is 0.0765. The van der Waals surface area contributed by atoms with Crippen molar-refractivity contribution in [3.63, 3.8) is 0 Å². The highest BCUT2D eigenvalue weighted by molar-refractivity contribution is 7.07. The van der Waals surface area contributed by atoms with E-state index >= 15 is 0 Å². The van der Waals surface area contributed by atoms with Gasteiger partial charge in [-0.2, -0.15) is 0 Å². The van der Waals surface area contributed by atoms with E-state index in [1.54, 1.807) is 22.9 Å². The minimum absolute atomic E-state index is 0.0301. The van der Waals surface area contributed by atoms with Crippen molar-refractivity contribution in [1.82, 2.24) is 9.88 Å². The van der Waals surface area contributed by atoms with Gasteiger partial charge in [-0.1, -0.05) is 36.4 Å². The Labute approximate surface area is 158 Å². The molecule has 1 heterocycles. The fourth-order valence-electron chi connectivity index (χ4n) is 2.68. The van der Waals surface area contributed by atoms with Crippen LogP contribution in [0.3, 0.4) is 0 Å². The molecule has 3 aromatic rings. The molecule has 1 aromatic heterocycles. The van der Waals surface area contributed by atoms with E-state index in [0.29, 0.717) is 31.0 Å². The molecule has 0 unspecified atom stereocenters. The third-order valence-electron chi connectivity index (χ3n) is 4.13. The summed E-state index contributed by atoms with van der Waals surface area (Å²) in [6.07, 6.45) is 0.848. The summed E-state index contributed by atoms with van der Waals surface area (Å²) in [5.41, 5.74) is 4.56. The van der Waals surface area contributed by atoms with Gasteiger partial charge in [0.2, 0.25) is 0 Å². The summed E-state index contributed by atoms with van der Waals surface area (Å²) in [6.45, 7) is 3.79. The summed E-state index contributed by atoms with van der Waals surface area (Å²) < 4.78 is 5.76. The lowest BCUT2D eigenvalue weighted by atomic mass is 10.1. The molecule has 0 fully saturated rings. The molecule has 0 radical (unpaired) electrons. The SMILES string of the molecule is CCN(CCc1ccccc1)C(=O)c1cccc(OCc2cscn2)c1. The summed E-state index contributed by atoms with van der Waals surface area (Å²) in [6, 6.07) is 17.6. The third kappa shape index (κ3) is 4.92. The number of carbonyl (C=O) groups excluding carboxylic acids is 1. The number of nitrogens with zero attached hydrogens (tertiary/aromatic N) is 2. The van der Waals surface area contributed by atoms with Gasteiger partial charge in [-0.25, -0.2) is 4.98 Å². The van der Waals surface area contributed by atoms with Crippen LogP contribution >= 0.6 is 11.3 Å². The summed E-state index contributed by atoms with van der Waals surface area (Å²) in [7, 11) is 0. The van der Waals surface area contributed by atoms with Crippen LogP contribution in [0, 0.1) is 0 Å². The number of thiazole rings is 1. The number of ether oxygens (including phenoxy) is 1. The van der Waals surface area contributed by atoms with Crippen molar-refractivity contribution in [3.8, 4) is 5.75 Å². The highest BCUT2D eigenvalue weighted by atomic mass is 32.1. The zero-order valence-corrected chi connectivity index (χ0v) is 15.6. The lowest BCUT2D eigenvalue weighted by Gasteiger charge is -2.21. The molecule has 3 rings (SSSR count). The zero-order chi connectivity index (χ0) is 18.2. The Hall–Kier alpha value is -2.66. The second kappa shape index (κ2) is 9.15. The molecule has 0 N–H and O–H groups in total. The Kier molecular flexibility index (Phi) is 6.39. The van der Waals surface area contributed by atoms with Crippen LogP contribution in [0.1, 0.15) is 28.5 Å². The van der Waals surface area contributed by atoms with Crippen molar-refractivity contribution in [2.75, 3.05) is 13.1 Å². The molecule has 1 amide bonds. The molecule has 134 valence electrons. The largest absolute Gasteiger partial charge is 0.487 e. The van der Waals surface area contributed by atoms with E-state index in [2.05, 4.69) is 17.1 Å². The highest BCUT2D eigenvalue weighted by Crippen LogP contribution is 2.17. The number of benzene rings is 2. The number of amides is 1. The third-order valence-corrected chi connectivity index (χ3v) is 4.77. The number of hydrogen-bond acceptors (Lipinski definition) is 4. The summed E-state index contributed by atoms with van der Waals surface area (Å²) >= 11 is 1.54. The number of likely N-dealkylation sites (N-methyl/N-ethyl adjacent to an activating group) is 1. The molecule has 0 atom stereocenters. The first-order chi connectivity index (χ1) is 12.8. The minimum Gasteiger partial charge on any atom is -0.487 e.